The van der Waals surface area contributed by atoms with Crippen LogP contribution in [0.25, 0.3) is 0 Å². The zero-order valence-corrected chi connectivity index (χ0v) is 15.7. The topological polar surface area (TPSA) is 32.3 Å². The van der Waals surface area contributed by atoms with E-state index in [1.54, 1.807) is 0 Å². The monoisotopic (exact) mass is 470 g/mol. The lowest BCUT2D eigenvalue weighted by Crippen LogP contribution is -2.18. The van der Waals surface area contributed by atoms with Crippen molar-refractivity contribution in [2.75, 3.05) is 23.3 Å². The van der Waals surface area contributed by atoms with Gasteiger partial charge in [0.25, 0.3) is 5.91 Å². The van der Waals surface area contributed by atoms with E-state index in [-0.39, 0.29) is 5.91 Å². The summed E-state index contributed by atoms with van der Waals surface area (Å²) < 4.78 is 1.85. The number of carbonyl (C=O) groups excluding carboxylic acids is 1. The molecule has 3 nitrogen and oxygen atoms in total. The quantitative estimate of drug-likeness (QED) is 0.646. The van der Waals surface area contributed by atoms with Gasteiger partial charge in [0.2, 0.25) is 0 Å². The van der Waals surface area contributed by atoms with Gasteiger partial charge < -0.3 is 10.2 Å². The van der Waals surface area contributed by atoms with Crippen LogP contribution < -0.4 is 10.2 Å². The zero-order chi connectivity index (χ0) is 15.5. The second kappa shape index (κ2) is 7.00. The molecule has 0 spiro atoms. The average Bonchev–Trinajstić information content (AvgIpc) is 3.04. The number of carbonyl (C=O) groups is 1. The van der Waals surface area contributed by atoms with Crippen LogP contribution in [0.5, 0.6) is 0 Å². The summed E-state index contributed by atoms with van der Waals surface area (Å²) >= 11 is 5.60. The molecule has 0 bridgehead atoms. The molecule has 0 radical (unpaired) electrons. The Balaban J connectivity index is 1.79. The van der Waals surface area contributed by atoms with E-state index in [1.807, 2.05) is 36.4 Å². The third-order valence-electron chi connectivity index (χ3n) is 3.75. The Bertz CT molecular complexity index is 699. The van der Waals surface area contributed by atoms with E-state index in [0.717, 1.165) is 26.8 Å². The first-order valence-electron chi connectivity index (χ1n) is 7.25. The second-order valence-corrected chi connectivity index (χ2v) is 7.40. The molecule has 1 amide bonds. The summed E-state index contributed by atoms with van der Waals surface area (Å²) in [6.45, 7) is 2.20. The van der Waals surface area contributed by atoms with Gasteiger partial charge >= 0.3 is 0 Å². The summed E-state index contributed by atoms with van der Waals surface area (Å²) in [6.07, 6.45) is 2.49. The molecule has 0 saturated carbocycles. The van der Waals surface area contributed by atoms with Gasteiger partial charge in [0, 0.05) is 32.5 Å². The minimum absolute atomic E-state index is 0.0794. The number of amides is 1. The predicted molar refractivity (Wildman–Crippen MR) is 103 cm³/mol. The third kappa shape index (κ3) is 3.63. The standard InChI is InChI=1S/C17H16BrIN2O/c18-12-6-7-16(19)15(10-12)17(22)20-13-4-3-5-14(11-13)21-8-1-2-9-21/h3-7,10-11H,1-2,8-9H2,(H,20,22). The number of hydrogen-bond acceptors (Lipinski definition) is 2. The summed E-state index contributed by atoms with van der Waals surface area (Å²) in [5, 5.41) is 3.00. The average molecular weight is 471 g/mol. The van der Waals surface area contributed by atoms with Gasteiger partial charge in [0.05, 0.1) is 5.56 Å². The smallest absolute Gasteiger partial charge is 0.256 e. The normalized spacial score (nSPS) is 14.2. The van der Waals surface area contributed by atoms with Gasteiger partial charge in [-0.3, -0.25) is 4.79 Å². The lowest BCUT2D eigenvalue weighted by Gasteiger charge is -2.18. The van der Waals surface area contributed by atoms with Crippen molar-refractivity contribution in [3.05, 3.63) is 56.1 Å². The van der Waals surface area contributed by atoms with E-state index < -0.39 is 0 Å². The van der Waals surface area contributed by atoms with Crippen molar-refractivity contribution in [3.8, 4) is 0 Å². The molecule has 1 heterocycles. The number of benzene rings is 2. The van der Waals surface area contributed by atoms with E-state index in [9.17, 15) is 4.79 Å². The van der Waals surface area contributed by atoms with Crippen molar-refractivity contribution in [3.63, 3.8) is 0 Å². The predicted octanol–water partition coefficient (Wildman–Crippen LogP) is 4.91. The summed E-state index contributed by atoms with van der Waals surface area (Å²) in [6, 6.07) is 13.8. The molecule has 2 aromatic carbocycles. The van der Waals surface area contributed by atoms with E-state index in [2.05, 4.69) is 54.8 Å². The van der Waals surface area contributed by atoms with Gasteiger partial charge in [-0.05, 0) is 71.8 Å². The van der Waals surface area contributed by atoms with Crippen LogP contribution in [0.1, 0.15) is 23.2 Å². The van der Waals surface area contributed by atoms with Crippen molar-refractivity contribution >= 4 is 55.8 Å². The fourth-order valence-electron chi connectivity index (χ4n) is 2.63. The maximum absolute atomic E-state index is 12.5. The van der Waals surface area contributed by atoms with Crippen LogP contribution in [0.3, 0.4) is 0 Å². The van der Waals surface area contributed by atoms with Crippen molar-refractivity contribution in [1.29, 1.82) is 0 Å². The van der Waals surface area contributed by atoms with Gasteiger partial charge in [-0.2, -0.15) is 0 Å². The molecule has 0 atom stereocenters. The van der Waals surface area contributed by atoms with Crippen molar-refractivity contribution in [2.24, 2.45) is 0 Å². The minimum atomic E-state index is -0.0794. The maximum Gasteiger partial charge on any atom is 0.256 e. The highest BCUT2D eigenvalue weighted by Gasteiger charge is 2.14. The van der Waals surface area contributed by atoms with Crippen molar-refractivity contribution in [1.82, 2.24) is 0 Å². The second-order valence-electron chi connectivity index (χ2n) is 5.32. The van der Waals surface area contributed by atoms with Crippen molar-refractivity contribution < 1.29 is 4.79 Å². The summed E-state index contributed by atoms with van der Waals surface area (Å²) in [7, 11) is 0. The first-order valence-corrected chi connectivity index (χ1v) is 9.12. The van der Waals surface area contributed by atoms with E-state index in [4.69, 9.17) is 0 Å². The van der Waals surface area contributed by atoms with Crippen LogP contribution in [0.4, 0.5) is 11.4 Å². The Labute approximate surface area is 152 Å². The van der Waals surface area contributed by atoms with E-state index in [0.29, 0.717) is 5.56 Å². The molecule has 0 unspecified atom stereocenters. The van der Waals surface area contributed by atoms with E-state index >= 15 is 0 Å². The highest BCUT2D eigenvalue weighted by molar-refractivity contribution is 14.1. The summed E-state index contributed by atoms with van der Waals surface area (Å²) in [5.74, 6) is -0.0794. The SMILES string of the molecule is O=C(Nc1cccc(N2CCCC2)c1)c1cc(Br)ccc1I. The van der Waals surface area contributed by atoms with Gasteiger partial charge in [0.15, 0.2) is 0 Å². The number of nitrogens with one attached hydrogen (secondary N) is 1. The molecule has 2 aromatic rings. The molecule has 3 rings (SSSR count). The zero-order valence-electron chi connectivity index (χ0n) is 12.0. The summed E-state index contributed by atoms with van der Waals surface area (Å²) in [4.78, 5) is 14.8. The van der Waals surface area contributed by atoms with Crippen LogP contribution >= 0.6 is 38.5 Å². The largest absolute Gasteiger partial charge is 0.371 e. The molecule has 114 valence electrons. The highest BCUT2D eigenvalue weighted by Crippen LogP contribution is 2.24. The Morgan fingerprint density at radius 3 is 2.68 bits per heavy atom. The maximum atomic E-state index is 12.5. The van der Waals surface area contributed by atoms with Gasteiger partial charge in [-0.25, -0.2) is 0 Å². The molecule has 0 aliphatic carbocycles. The molecule has 22 heavy (non-hydrogen) atoms. The fourth-order valence-corrected chi connectivity index (χ4v) is 3.57. The van der Waals surface area contributed by atoms with Gasteiger partial charge in [0.1, 0.15) is 0 Å². The molecule has 1 aliphatic heterocycles. The first-order chi connectivity index (χ1) is 10.6. The van der Waals surface area contributed by atoms with Gasteiger partial charge in [-0.15, -0.1) is 0 Å². The van der Waals surface area contributed by atoms with Crippen molar-refractivity contribution in [2.45, 2.75) is 12.8 Å². The Kier molecular flexibility index (Phi) is 5.03. The molecule has 1 fully saturated rings. The Morgan fingerprint density at radius 1 is 1.14 bits per heavy atom. The molecule has 1 N–H and O–H groups in total. The molecular formula is C17H16BrIN2O. The van der Waals surface area contributed by atoms with Crippen LogP contribution in [0.2, 0.25) is 0 Å². The number of halogens is 2. The van der Waals surface area contributed by atoms with Crippen LogP contribution in [-0.4, -0.2) is 19.0 Å². The summed E-state index contributed by atoms with van der Waals surface area (Å²) in [5.41, 5.74) is 2.70. The lowest BCUT2D eigenvalue weighted by molar-refractivity contribution is 0.102. The van der Waals surface area contributed by atoms with E-state index in [1.165, 1.54) is 18.5 Å². The lowest BCUT2D eigenvalue weighted by atomic mass is 10.2. The Morgan fingerprint density at radius 2 is 1.91 bits per heavy atom. The highest BCUT2D eigenvalue weighted by atomic mass is 127. The van der Waals surface area contributed by atoms with Gasteiger partial charge in [-0.1, -0.05) is 22.0 Å². The third-order valence-corrected chi connectivity index (χ3v) is 5.18. The minimum Gasteiger partial charge on any atom is -0.371 e. The molecule has 5 heteroatoms. The molecule has 1 saturated heterocycles. The number of rotatable bonds is 3. The first kappa shape index (κ1) is 15.8. The number of anilines is 2. The number of nitrogens with zero attached hydrogens (tertiary/aromatic N) is 1. The molecule has 0 aromatic heterocycles. The van der Waals surface area contributed by atoms with Crippen LogP contribution in [0, 0.1) is 3.57 Å². The van der Waals surface area contributed by atoms with Crippen LogP contribution in [-0.2, 0) is 0 Å². The molecule has 1 aliphatic rings. The number of hydrogen-bond donors (Lipinski definition) is 1. The Hall–Kier alpha value is -1.08. The fraction of sp³-hybridized carbons (Fsp3) is 0.235. The van der Waals surface area contributed by atoms with Crippen LogP contribution in [0.15, 0.2) is 46.9 Å². The molecular weight excluding hydrogens is 455 g/mol.